The number of aromatic nitrogens is 1. The largest absolute Gasteiger partial charge is 0.338 e. The fourth-order valence-corrected chi connectivity index (χ4v) is 3.04. The Balaban J connectivity index is 2.17. The van der Waals surface area contributed by atoms with Gasteiger partial charge in [-0.05, 0) is 39.8 Å². The third-order valence-corrected chi connectivity index (χ3v) is 5.22. The van der Waals surface area contributed by atoms with E-state index in [9.17, 15) is 4.79 Å². The summed E-state index contributed by atoms with van der Waals surface area (Å²) in [6.07, 6.45) is 0. The molecule has 0 saturated heterocycles. The summed E-state index contributed by atoms with van der Waals surface area (Å²) in [4.78, 5) is 18.9. The van der Waals surface area contributed by atoms with Gasteiger partial charge in [0.2, 0.25) is 5.91 Å². The highest BCUT2D eigenvalue weighted by Gasteiger charge is 2.42. The summed E-state index contributed by atoms with van der Waals surface area (Å²) < 4.78 is 1.15. The quantitative estimate of drug-likeness (QED) is 0.944. The Morgan fingerprint density at radius 3 is 2.48 bits per heavy atom. The molecule has 1 amide bonds. The van der Waals surface area contributed by atoms with Crippen molar-refractivity contribution in [3.63, 3.8) is 0 Å². The zero-order valence-electron chi connectivity index (χ0n) is 13.3. The Bertz CT molecular complexity index is 622. The van der Waals surface area contributed by atoms with Gasteiger partial charge < -0.3 is 10.6 Å². The van der Waals surface area contributed by atoms with Crippen molar-refractivity contribution >= 4 is 27.5 Å². The lowest BCUT2D eigenvalue weighted by Gasteiger charge is -2.39. The molecule has 21 heavy (non-hydrogen) atoms. The number of nitrogens with two attached hydrogens (primary N) is 1. The molecule has 0 bridgehead atoms. The van der Waals surface area contributed by atoms with Gasteiger partial charge in [0.1, 0.15) is 5.01 Å². The number of amides is 1. The minimum atomic E-state index is -0.627. The van der Waals surface area contributed by atoms with Crippen molar-refractivity contribution < 1.29 is 4.79 Å². The van der Waals surface area contributed by atoms with E-state index in [1.165, 1.54) is 0 Å². The van der Waals surface area contributed by atoms with E-state index >= 15 is 0 Å². The fourth-order valence-electron chi connectivity index (χ4n) is 2.02. The molecule has 2 aromatic rings. The first-order valence-corrected chi connectivity index (χ1v) is 7.83. The summed E-state index contributed by atoms with van der Waals surface area (Å²) in [6.45, 7) is 8.07. The molecular formula is C16H23N3OS. The zero-order chi connectivity index (χ0) is 15.8. The molecule has 114 valence electrons. The molecule has 1 aromatic carbocycles. The molecule has 5 heteroatoms. The number of hydrogen-bond donors (Lipinski definition) is 1. The smallest absolute Gasteiger partial charge is 0.230 e. The summed E-state index contributed by atoms with van der Waals surface area (Å²) in [6, 6.07) is 8.01. The maximum absolute atomic E-state index is 12.7. The third-order valence-electron chi connectivity index (χ3n) is 4.20. The number of nitrogens with zero attached hydrogens (tertiary/aromatic N) is 2. The van der Waals surface area contributed by atoms with E-state index < -0.39 is 11.0 Å². The number of benzene rings is 1. The Labute approximate surface area is 130 Å². The third kappa shape index (κ3) is 3.09. The number of hydrogen-bond acceptors (Lipinski definition) is 4. The van der Waals surface area contributed by atoms with Gasteiger partial charge in [0.05, 0.1) is 22.2 Å². The highest BCUT2D eigenvalue weighted by Crippen LogP contribution is 2.31. The van der Waals surface area contributed by atoms with Gasteiger partial charge in [-0.15, -0.1) is 11.3 Å². The second-order valence-electron chi connectivity index (χ2n) is 6.58. The standard InChI is InChI=1S/C16H23N3OS/c1-15(2,16(3,4)17)14(20)19(5)10-13-18-11-8-6-7-9-12(11)21-13/h6-9H,10,17H2,1-5H3. The van der Waals surface area contributed by atoms with E-state index in [0.29, 0.717) is 6.54 Å². The predicted octanol–water partition coefficient (Wildman–Crippen LogP) is 3.02. The minimum Gasteiger partial charge on any atom is -0.338 e. The van der Waals surface area contributed by atoms with E-state index in [1.807, 2.05) is 59.0 Å². The first kappa shape index (κ1) is 15.9. The van der Waals surface area contributed by atoms with E-state index in [2.05, 4.69) is 4.98 Å². The molecule has 0 aliphatic rings. The van der Waals surface area contributed by atoms with Crippen molar-refractivity contribution in [2.24, 2.45) is 11.1 Å². The molecule has 0 aliphatic heterocycles. The van der Waals surface area contributed by atoms with Gasteiger partial charge in [-0.1, -0.05) is 12.1 Å². The molecule has 0 fully saturated rings. The second-order valence-corrected chi connectivity index (χ2v) is 7.70. The number of para-hydroxylation sites is 1. The van der Waals surface area contributed by atoms with Gasteiger partial charge >= 0.3 is 0 Å². The van der Waals surface area contributed by atoms with Crippen LogP contribution in [0.25, 0.3) is 10.2 Å². The molecule has 0 spiro atoms. The number of rotatable bonds is 4. The summed E-state index contributed by atoms with van der Waals surface area (Å²) in [7, 11) is 1.81. The minimum absolute atomic E-state index is 0.0363. The number of carbonyl (C=O) groups is 1. The van der Waals surface area contributed by atoms with Gasteiger partial charge in [-0.3, -0.25) is 4.79 Å². The molecular weight excluding hydrogens is 282 g/mol. The van der Waals surface area contributed by atoms with Crippen LogP contribution in [0, 0.1) is 5.41 Å². The van der Waals surface area contributed by atoms with Crippen LogP contribution >= 0.6 is 11.3 Å². The van der Waals surface area contributed by atoms with Crippen molar-refractivity contribution in [3.8, 4) is 0 Å². The van der Waals surface area contributed by atoms with Gasteiger partial charge in [-0.25, -0.2) is 4.98 Å². The molecule has 0 saturated carbocycles. The number of thiazole rings is 1. The Kier molecular flexibility index (Phi) is 4.08. The normalized spacial score (nSPS) is 12.7. The molecule has 0 radical (unpaired) electrons. The highest BCUT2D eigenvalue weighted by atomic mass is 32.1. The lowest BCUT2D eigenvalue weighted by atomic mass is 9.74. The van der Waals surface area contributed by atoms with E-state index in [4.69, 9.17) is 5.73 Å². The van der Waals surface area contributed by atoms with Crippen molar-refractivity contribution in [1.82, 2.24) is 9.88 Å². The topological polar surface area (TPSA) is 59.2 Å². The van der Waals surface area contributed by atoms with Crippen LogP contribution in [0.1, 0.15) is 32.7 Å². The van der Waals surface area contributed by atoms with Crippen LogP contribution in [0.15, 0.2) is 24.3 Å². The van der Waals surface area contributed by atoms with Crippen LogP contribution < -0.4 is 5.73 Å². The zero-order valence-corrected chi connectivity index (χ0v) is 14.1. The Morgan fingerprint density at radius 1 is 1.29 bits per heavy atom. The molecule has 0 aliphatic carbocycles. The van der Waals surface area contributed by atoms with Crippen LogP contribution in [0.5, 0.6) is 0 Å². The number of fused-ring (bicyclic) bond motifs is 1. The van der Waals surface area contributed by atoms with Crippen LogP contribution in [0.4, 0.5) is 0 Å². The predicted molar refractivity (Wildman–Crippen MR) is 88.1 cm³/mol. The highest BCUT2D eigenvalue weighted by molar-refractivity contribution is 7.18. The molecule has 4 nitrogen and oxygen atoms in total. The molecule has 1 heterocycles. The fraction of sp³-hybridized carbons (Fsp3) is 0.500. The Hall–Kier alpha value is -1.46. The Morgan fingerprint density at radius 2 is 1.90 bits per heavy atom. The summed E-state index contributed by atoms with van der Waals surface area (Å²) in [5.74, 6) is 0.0363. The average Bonchev–Trinajstić information content (AvgIpc) is 2.78. The van der Waals surface area contributed by atoms with E-state index in [-0.39, 0.29) is 5.91 Å². The summed E-state index contributed by atoms with van der Waals surface area (Å²) in [5, 5.41) is 0.942. The molecule has 2 N–H and O–H groups in total. The van der Waals surface area contributed by atoms with Crippen LogP contribution in [-0.2, 0) is 11.3 Å². The van der Waals surface area contributed by atoms with Crippen molar-refractivity contribution in [1.29, 1.82) is 0 Å². The van der Waals surface area contributed by atoms with Crippen molar-refractivity contribution in [3.05, 3.63) is 29.3 Å². The molecule has 0 unspecified atom stereocenters. The van der Waals surface area contributed by atoms with Gasteiger partial charge in [0, 0.05) is 12.6 Å². The summed E-state index contributed by atoms with van der Waals surface area (Å²) in [5.41, 5.74) is 5.93. The molecule has 1 aromatic heterocycles. The van der Waals surface area contributed by atoms with Crippen molar-refractivity contribution in [2.45, 2.75) is 39.8 Å². The molecule has 0 atom stereocenters. The monoisotopic (exact) mass is 305 g/mol. The SMILES string of the molecule is CN(Cc1nc2ccccc2s1)C(=O)C(C)(C)C(C)(C)N. The first-order chi connectivity index (χ1) is 9.63. The van der Waals surface area contributed by atoms with Crippen LogP contribution in [0.2, 0.25) is 0 Å². The molecule has 2 rings (SSSR count). The second kappa shape index (κ2) is 5.39. The van der Waals surface area contributed by atoms with Crippen LogP contribution in [-0.4, -0.2) is 28.4 Å². The number of carbonyl (C=O) groups excluding carboxylic acids is 1. The van der Waals surface area contributed by atoms with Crippen molar-refractivity contribution in [2.75, 3.05) is 7.05 Å². The van der Waals surface area contributed by atoms with E-state index in [0.717, 1.165) is 15.2 Å². The first-order valence-electron chi connectivity index (χ1n) is 7.02. The lowest BCUT2D eigenvalue weighted by molar-refractivity contribution is -0.142. The van der Waals surface area contributed by atoms with Gasteiger partial charge in [0.15, 0.2) is 0 Å². The summed E-state index contributed by atoms with van der Waals surface area (Å²) >= 11 is 1.62. The van der Waals surface area contributed by atoms with Gasteiger partial charge in [-0.2, -0.15) is 0 Å². The van der Waals surface area contributed by atoms with Gasteiger partial charge in [0.25, 0.3) is 0 Å². The van der Waals surface area contributed by atoms with Crippen LogP contribution in [0.3, 0.4) is 0 Å². The average molecular weight is 305 g/mol. The maximum Gasteiger partial charge on any atom is 0.230 e. The van der Waals surface area contributed by atoms with E-state index in [1.54, 1.807) is 16.2 Å². The maximum atomic E-state index is 12.7. The lowest BCUT2D eigenvalue weighted by Crippen LogP contribution is -2.55.